The van der Waals surface area contributed by atoms with Gasteiger partial charge in [0.05, 0.1) is 6.42 Å². The van der Waals surface area contributed by atoms with Gasteiger partial charge in [-0.2, -0.15) is 0 Å². The van der Waals surface area contributed by atoms with E-state index < -0.39 is 0 Å². The topological polar surface area (TPSA) is 57.8 Å². The minimum Gasteiger partial charge on any atom is -0.346 e. The number of amides is 1. The molecule has 1 amide bonds. The van der Waals surface area contributed by atoms with Crippen LogP contribution in [0.1, 0.15) is 5.56 Å². The monoisotopic (exact) mass is 345 g/mol. The van der Waals surface area contributed by atoms with Crippen molar-refractivity contribution < 1.29 is 9.18 Å². The number of halogens is 1. The largest absolute Gasteiger partial charge is 0.346 e. The van der Waals surface area contributed by atoms with Crippen LogP contribution < -0.4 is 5.32 Å². The number of nitrogens with one attached hydrogen (secondary N) is 2. The number of fused-ring (bicyclic) bond motifs is 1. The van der Waals surface area contributed by atoms with Gasteiger partial charge in [-0.1, -0.05) is 24.3 Å². The van der Waals surface area contributed by atoms with Gasteiger partial charge in [-0.15, -0.1) is 0 Å². The average Bonchev–Trinajstić information content (AvgIpc) is 3.11. The van der Waals surface area contributed by atoms with Crippen molar-refractivity contribution in [3.05, 3.63) is 84.4 Å². The Labute approximate surface area is 149 Å². The molecule has 26 heavy (non-hydrogen) atoms. The first-order valence-electron chi connectivity index (χ1n) is 8.26. The van der Waals surface area contributed by atoms with Gasteiger partial charge in [0.1, 0.15) is 11.5 Å². The molecule has 0 bridgehead atoms. The van der Waals surface area contributed by atoms with Crippen molar-refractivity contribution in [1.29, 1.82) is 0 Å². The molecule has 0 aliphatic carbocycles. The summed E-state index contributed by atoms with van der Waals surface area (Å²) in [6, 6.07) is 17.7. The third-order valence-electron chi connectivity index (χ3n) is 4.19. The van der Waals surface area contributed by atoms with Crippen molar-refractivity contribution >= 4 is 22.6 Å². The fourth-order valence-electron chi connectivity index (χ4n) is 2.98. The highest BCUT2D eigenvalue weighted by Gasteiger charge is 2.07. The quantitative estimate of drug-likeness (QED) is 0.570. The van der Waals surface area contributed by atoms with E-state index in [9.17, 15) is 9.18 Å². The fourth-order valence-corrected chi connectivity index (χ4v) is 2.98. The Hall–Kier alpha value is -3.47. The summed E-state index contributed by atoms with van der Waals surface area (Å²) < 4.78 is 13.2. The zero-order valence-corrected chi connectivity index (χ0v) is 13.9. The van der Waals surface area contributed by atoms with Crippen molar-refractivity contribution in [3.63, 3.8) is 0 Å². The molecule has 4 rings (SSSR count). The lowest BCUT2D eigenvalue weighted by molar-refractivity contribution is -0.115. The van der Waals surface area contributed by atoms with Crippen LogP contribution in [0.25, 0.3) is 22.2 Å². The molecule has 0 saturated carbocycles. The number of pyridine rings is 1. The second-order valence-electron chi connectivity index (χ2n) is 6.03. The molecule has 0 saturated heterocycles. The number of benzene rings is 2. The number of hydrogen-bond acceptors (Lipinski definition) is 2. The van der Waals surface area contributed by atoms with Gasteiger partial charge in [-0.05, 0) is 53.1 Å². The maximum absolute atomic E-state index is 13.2. The Morgan fingerprint density at radius 1 is 1.08 bits per heavy atom. The predicted octanol–water partition coefficient (Wildman–Crippen LogP) is 4.55. The van der Waals surface area contributed by atoms with E-state index in [1.165, 1.54) is 12.1 Å². The normalized spacial score (nSPS) is 10.8. The highest BCUT2D eigenvalue weighted by Crippen LogP contribution is 2.27. The standard InChI is InChI=1S/C21H16FN3O/c22-16-3-1-2-14(12-16)13-20(26)25-17-6-4-15(5-7-17)18-8-10-23-21-19(18)9-11-24-21/h1-12H,13H2,(H,23,24)(H,25,26). The zero-order valence-electron chi connectivity index (χ0n) is 13.9. The minimum absolute atomic E-state index is 0.133. The second kappa shape index (κ2) is 6.80. The highest BCUT2D eigenvalue weighted by molar-refractivity contribution is 5.95. The second-order valence-corrected chi connectivity index (χ2v) is 6.03. The van der Waals surface area contributed by atoms with Crippen LogP contribution in [0, 0.1) is 5.82 Å². The molecule has 2 N–H and O–H groups in total. The molecule has 2 aromatic heterocycles. The molecular weight excluding hydrogens is 329 g/mol. The van der Waals surface area contributed by atoms with Gasteiger partial charge >= 0.3 is 0 Å². The Morgan fingerprint density at radius 3 is 2.73 bits per heavy atom. The van der Waals surface area contributed by atoms with Crippen LogP contribution in [0.5, 0.6) is 0 Å². The van der Waals surface area contributed by atoms with E-state index in [0.29, 0.717) is 11.3 Å². The van der Waals surface area contributed by atoms with Gasteiger partial charge in [0.25, 0.3) is 0 Å². The number of hydrogen-bond donors (Lipinski definition) is 2. The first-order valence-corrected chi connectivity index (χ1v) is 8.26. The van der Waals surface area contributed by atoms with Crippen LogP contribution in [0.4, 0.5) is 10.1 Å². The van der Waals surface area contributed by atoms with Gasteiger partial charge in [-0.25, -0.2) is 9.37 Å². The molecule has 0 unspecified atom stereocenters. The van der Waals surface area contributed by atoms with Gasteiger partial charge in [0, 0.05) is 23.5 Å². The number of carbonyl (C=O) groups excluding carboxylic acids is 1. The molecule has 0 fully saturated rings. The Bertz CT molecular complexity index is 1070. The summed E-state index contributed by atoms with van der Waals surface area (Å²) in [5.41, 5.74) is 4.31. The first-order chi connectivity index (χ1) is 12.7. The van der Waals surface area contributed by atoms with E-state index in [2.05, 4.69) is 15.3 Å². The number of anilines is 1. The summed E-state index contributed by atoms with van der Waals surface area (Å²) >= 11 is 0. The Balaban J connectivity index is 1.49. The number of aromatic nitrogens is 2. The summed E-state index contributed by atoms with van der Waals surface area (Å²) in [6.07, 6.45) is 3.76. The maximum atomic E-state index is 13.2. The smallest absolute Gasteiger partial charge is 0.228 e. The molecular formula is C21H16FN3O. The van der Waals surface area contributed by atoms with E-state index in [0.717, 1.165) is 22.2 Å². The highest BCUT2D eigenvalue weighted by atomic mass is 19.1. The number of nitrogens with zero attached hydrogens (tertiary/aromatic N) is 1. The van der Waals surface area contributed by atoms with Crippen molar-refractivity contribution in [2.75, 3.05) is 5.32 Å². The van der Waals surface area contributed by atoms with E-state index in [1.54, 1.807) is 18.3 Å². The van der Waals surface area contributed by atoms with Gasteiger partial charge in [0.15, 0.2) is 0 Å². The minimum atomic E-state index is -0.340. The molecule has 0 aliphatic heterocycles. The molecule has 5 heteroatoms. The van der Waals surface area contributed by atoms with Crippen LogP contribution in [0.15, 0.2) is 73.1 Å². The maximum Gasteiger partial charge on any atom is 0.228 e. The summed E-state index contributed by atoms with van der Waals surface area (Å²) in [6.45, 7) is 0. The Morgan fingerprint density at radius 2 is 1.92 bits per heavy atom. The summed E-state index contributed by atoms with van der Waals surface area (Å²) in [4.78, 5) is 19.5. The van der Waals surface area contributed by atoms with Crippen LogP contribution in [0.2, 0.25) is 0 Å². The number of aromatic amines is 1. The molecule has 2 aromatic carbocycles. The lowest BCUT2D eigenvalue weighted by Gasteiger charge is -2.08. The summed E-state index contributed by atoms with van der Waals surface area (Å²) in [5, 5.41) is 3.89. The van der Waals surface area contributed by atoms with Crippen molar-refractivity contribution in [3.8, 4) is 11.1 Å². The summed E-state index contributed by atoms with van der Waals surface area (Å²) in [5.74, 6) is -0.520. The van der Waals surface area contributed by atoms with Crippen LogP contribution in [-0.2, 0) is 11.2 Å². The molecule has 0 atom stereocenters. The van der Waals surface area contributed by atoms with Crippen LogP contribution >= 0.6 is 0 Å². The third-order valence-corrected chi connectivity index (χ3v) is 4.19. The average molecular weight is 345 g/mol. The van der Waals surface area contributed by atoms with Crippen LogP contribution in [0.3, 0.4) is 0 Å². The number of rotatable bonds is 4. The molecule has 0 radical (unpaired) electrons. The number of carbonyl (C=O) groups is 1. The van der Waals surface area contributed by atoms with Gasteiger partial charge in [-0.3, -0.25) is 4.79 Å². The lowest BCUT2D eigenvalue weighted by Crippen LogP contribution is -2.14. The van der Waals surface area contributed by atoms with E-state index in [4.69, 9.17) is 0 Å². The van der Waals surface area contributed by atoms with E-state index >= 15 is 0 Å². The zero-order chi connectivity index (χ0) is 17.9. The van der Waals surface area contributed by atoms with Crippen molar-refractivity contribution in [2.24, 2.45) is 0 Å². The third kappa shape index (κ3) is 3.32. The van der Waals surface area contributed by atoms with Crippen molar-refractivity contribution in [2.45, 2.75) is 6.42 Å². The lowest BCUT2D eigenvalue weighted by atomic mass is 10.0. The molecule has 4 aromatic rings. The van der Waals surface area contributed by atoms with E-state index in [1.807, 2.05) is 42.6 Å². The Kier molecular flexibility index (Phi) is 4.19. The van der Waals surface area contributed by atoms with E-state index in [-0.39, 0.29) is 18.1 Å². The predicted molar refractivity (Wildman–Crippen MR) is 100 cm³/mol. The molecule has 0 aliphatic rings. The summed E-state index contributed by atoms with van der Waals surface area (Å²) in [7, 11) is 0. The fraction of sp³-hybridized carbons (Fsp3) is 0.0476. The molecule has 4 nitrogen and oxygen atoms in total. The van der Waals surface area contributed by atoms with Crippen LogP contribution in [-0.4, -0.2) is 15.9 Å². The molecule has 2 heterocycles. The van der Waals surface area contributed by atoms with Crippen molar-refractivity contribution in [1.82, 2.24) is 9.97 Å². The first kappa shape index (κ1) is 16.0. The van der Waals surface area contributed by atoms with Gasteiger partial charge in [0.2, 0.25) is 5.91 Å². The SMILES string of the molecule is O=C(Cc1cccc(F)c1)Nc1ccc(-c2ccnc3[nH]ccc23)cc1. The molecule has 128 valence electrons. The van der Waals surface area contributed by atoms with Gasteiger partial charge < -0.3 is 10.3 Å². The molecule has 0 spiro atoms. The number of H-pyrrole nitrogens is 1.